The van der Waals surface area contributed by atoms with Crippen molar-refractivity contribution in [3.05, 3.63) is 114 Å². The third kappa shape index (κ3) is 7.98. The van der Waals surface area contributed by atoms with Crippen LogP contribution in [0.15, 0.2) is 108 Å². The van der Waals surface area contributed by atoms with E-state index in [2.05, 4.69) is 10.0 Å². The monoisotopic (exact) mass is 599 g/mol. The van der Waals surface area contributed by atoms with Crippen LogP contribution in [0.5, 0.6) is 5.75 Å². The number of hydrogen-bond acceptors (Lipinski definition) is 6. The minimum absolute atomic E-state index is 0.0298. The average molecular weight is 600 g/mol. The minimum Gasteiger partial charge on any atom is -0.489 e. The predicted molar refractivity (Wildman–Crippen MR) is 157 cm³/mol. The van der Waals surface area contributed by atoms with Gasteiger partial charge in [0.2, 0.25) is 15.9 Å². The standard InChI is InChI=1S/C28H26ClN3O6S2/c1-39(34,35)32(25-12-14-26(15-13-25)38-20-21-6-3-2-4-7-21)19-28(33)30-23-10-16-27(17-11-23)40(36,37)31-24-9-5-8-22(29)18-24/h2-18,31H,19-20H2,1H3,(H,30,33). The van der Waals surface area contributed by atoms with Crippen molar-refractivity contribution in [2.75, 3.05) is 27.1 Å². The molecule has 9 nitrogen and oxygen atoms in total. The lowest BCUT2D eigenvalue weighted by Gasteiger charge is -2.22. The molecule has 0 heterocycles. The fraction of sp³-hybridized carbons (Fsp3) is 0.107. The van der Waals surface area contributed by atoms with Gasteiger partial charge in [0.1, 0.15) is 18.9 Å². The van der Waals surface area contributed by atoms with Crippen molar-refractivity contribution in [2.45, 2.75) is 11.5 Å². The number of nitrogens with one attached hydrogen (secondary N) is 2. The Labute approximate surface area is 238 Å². The molecule has 0 atom stereocenters. The number of sulfonamides is 2. The van der Waals surface area contributed by atoms with Crippen molar-refractivity contribution in [3.63, 3.8) is 0 Å². The third-order valence-electron chi connectivity index (χ3n) is 5.59. The molecule has 4 aromatic carbocycles. The van der Waals surface area contributed by atoms with Gasteiger partial charge in [0.05, 0.1) is 22.5 Å². The first-order chi connectivity index (χ1) is 19.0. The fourth-order valence-electron chi connectivity index (χ4n) is 3.66. The van der Waals surface area contributed by atoms with Crippen LogP contribution < -0.4 is 19.1 Å². The average Bonchev–Trinajstić information content (AvgIpc) is 2.91. The number of benzene rings is 4. The number of hydrogen-bond donors (Lipinski definition) is 2. The molecule has 0 unspecified atom stereocenters. The number of anilines is 3. The first-order valence-corrected chi connectivity index (χ1v) is 15.6. The maximum atomic E-state index is 12.7. The molecule has 4 aromatic rings. The van der Waals surface area contributed by atoms with Gasteiger partial charge in [-0.05, 0) is 72.3 Å². The van der Waals surface area contributed by atoms with Gasteiger partial charge in [-0.1, -0.05) is 48.0 Å². The summed E-state index contributed by atoms with van der Waals surface area (Å²) in [7, 11) is -7.69. The molecule has 0 saturated carbocycles. The number of carbonyl (C=O) groups is 1. The fourth-order valence-corrected chi connectivity index (χ4v) is 5.76. The Hall–Kier alpha value is -4.06. The van der Waals surface area contributed by atoms with Gasteiger partial charge in [0.25, 0.3) is 10.0 Å². The van der Waals surface area contributed by atoms with Crippen LogP contribution in [-0.4, -0.2) is 35.5 Å². The maximum Gasteiger partial charge on any atom is 0.261 e. The predicted octanol–water partition coefficient (Wildman–Crippen LogP) is 5.12. The van der Waals surface area contributed by atoms with E-state index in [4.69, 9.17) is 16.3 Å². The summed E-state index contributed by atoms with van der Waals surface area (Å²) in [4.78, 5) is 12.7. The van der Waals surface area contributed by atoms with Gasteiger partial charge in [-0.15, -0.1) is 0 Å². The number of nitrogens with zero attached hydrogens (tertiary/aromatic N) is 1. The summed E-state index contributed by atoms with van der Waals surface area (Å²) in [6.07, 6.45) is 1.01. The normalized spacial score (nSPS) is 11.4. The van der Waals surface area contributed by atoms with E-state index in [-0.39, 0.29) is 4.90 Å². The molecule has 0 bridgehead atoms. The van der Waals surface area contributed by atoms with Crippen LogP contribution >= 0.6 is 11.6 Å². The number of halogens is 1. The Morgan fingerprint density at radius 3 is 2.12 bits per heavy atom. The van der Waals surface area contributed by atoms with E-state index in [9.17, 15) is 21.6 Å². The van der Waals surface area contributed by atoms with E-state index < -0.39 is 32.5 Å². The summed E-state index contributed by atoms with van der Waals surface area (Å²) in [6, 6.07) is 27.7. The molecule has 4 rings (SSSR count). The first kappa shape index (κ1) is 28.9. The number of amides is 1. The van der Waals surface area contributed by atoms with Crippen LogP contribution in [0.25, 0.3) is 0 Å². The molecule has 0 saturated heterocycles. The Morgan fingerprint density at radius 1 is 0.825 bits per heavy atom. The molecular weight excluding hydrogens is 574 g/mol. The second kappa shape index (κ2) is 12.4. The van der Waals surface area contributed by atoms with Crippen molar-refractivity contribution in [3.8, 4) is 5.75 Å². The zero-order valence-electron chi connectivity index (χ0n) is 21.3. The van der Waals surface area contributed by atoms with Gasteiger partial charge in [-0.2, -0.15) is 0 Å². The second-order valence-electron chi connectivity index (χ2n) is 8.73. The SMILES string of the molecule is CS(=O)(=O)N(CC(=O)Nc1ccc(S(=O)(=O)Nc2cccc(Cl)c2)cc1)c1ccc(OCc2ccccc2)cc1. The molecule has 208 valence electrons. The van der Waals surface area contributed by atoms with Crippen LogP contribution in [0.4, 0.5) is 17.1 Å². The zero-order valence-corrected chi connectivity index (χ0v) is 23.7. The quantitative estimate of drug-likeness (QED) is 0.247. The number of rotatable bonds is 11. The number of carbonyl (C=O) groups excluding carboxylic acids is 1. The smallest absolute Gasteiger partial charge is 0.261 e. The summed E-state index contributed by atoms with van der Waals surface area (Å²) < 4.78 is 59.4. The van der Waals surface area contributed by atoms with E-state index in [0.717, 1.165) is 16.1 Å². The van der Waals surface area contributed by atoms with Crippen LogP contribution in [0.1, 0.15) is 5.56 Å². The lowest BCUT2D eigenvalue weighted by Crippen LogP contribution is -2.37. The van der Waals surface area contributed by atoms with Gasteiger partial charge in [0.15, 0.2) is 0 Å². The molecule has 12 heteroatoms. The molecule has 0 aliphatic heterocycles. The second-order valence-corrected chi connectivity index (χ2v) is 12.8. The molecule has 40 heavy (non-hydrogen) atoms. The lowest BCUT2D eigenvalue weighted by atomic mass is 10.2. The van der Waals surface area contributed by atoms with Gasteiger partial charge in [0, 0.05) is 10.7 Å². The molecule has 2 N–H and O–H groups in total. The molecule has 0 spiro atoms. The molecule has 0 aliphatic rings. The highest BCUT2D eigenvalue weighted by atomic mass is 35.5. The Kier molecular flexibility index (Phi) is 8.98. The molecule has 1 amide bonds. The van der Waals surface area contributed by atoms with Crippen molar-refractivity contribution < 1.29 is 26.4 Å². The molecule has 0 fully saturated rings. The summed E-state index contributed by atoms with van der Waals surface area (Å²) in [5.74, 6) is -0.0621. The van der Waals surface area contributed by atoms with Gasteiger partial charge in [-0.3, -0.25) is 13.8 Å². The topological polar surface area (TPSA) is 122 Å². The van der Waals surface area contributed by atoms with Crippen LogP contribution in [0.2, 0.25) is 5.02 Å². The molecule has 0 aliphatic carbocycles. The Morgan fingerprint density at radius 2 is 1.50 bits per heavy atom. The summed E-state index contributed by atoms with van der Waals surface area (Å²) >= 11 is 5.91. The summed E-state index contributed by atoms with van der Waals surface area (Å²) in [5, 5.41) is 2.98. The van der Waals surface area contributed by atoms with Gasteiger partial charge >= 0.3 is 0 Å². The van der Waals surface area contributed by atoms with Crippen molar-refractivity contribution >= 4 is 54.6 Å². The highest BCUT2D eigenvalue weighted by Gasteiger charge is 2.21. The minimum atomic E-state index is -3.89. The van der Waals surface area contributed by atoms with E-state index in [1.54, 1.807) is 42.5 Å². The van der Waals surface area contributed by atoms with Gasteiger partial charge < -0.3 is 10.1 Å². The molecule has 0 aromatic heterocycles. The van der Waals surface area contributed by atoms with Crippen LogP contribution in [0.3, 0.4) is 0 Å². The van der Waals surface area contributed by atoms with E-state index >= 15 is 0 Å². The zero-order chi connectivity index (χ0) is 28.8. The Balaban J connectivity index is 1.39. The molecule has 0 radical (unpaired) electrons. The van der Waals surface area contributed by atoms with Crippen molar-refractivity contribution in [1.29, 1.82) is 0 Å². The van der Waals surface area contributed by atoms with Crippen molar-refractivity contribution in [1.82, 2.24) is 0 Å². The highest BCUT2D eigenvalue weighted by molar-refractivity contribution is 7.92. The molecular formula is C28H26ClN3O6S2. The van der Waals surface area contributed by atoms with Crippen molar-refractivity contribution in [2.24, 2.45) is 0 Å². The van der Waals surface area contributed by atoms with Crippen LogP contribution in [0, 0.1) is 0 Å². The number of ether oxygens (including phenoxy) is 1. The van der Waals surface area contributed by atoms with E-state index in [0.29, 0.717) is 34.4 Å². The van der Waals surface area contributed by atoms with Gasteiger partial charge in [-0.25, -0.2) is 16.8 Å². The third-order valence-corrected chi connectivity index (χ3v) is 8.36. The van der Waals surface area contributed by atoms with E-state index in [1.807, 2.05) is 30.3 Å². The Bertz CT molecular complexity index is 1680. The van der Waals surface area contributed by atoms with Crippen LogP contribution in [-0.2, 0) is 31.4 Å². The largest absolute Gasteiger partial charge is 0.489 e. The maximum absolute atomic E-state index is 12.7. The highest BCUT2D eigenvalue weighted by Crippen LogP contribution is 2.24. The summed E-state index contributed by atoms with van der Waals surface area (Å²) in [5.41, 5.74) is 1.88. The van der Waals surface area contributed by atoms with E-state index in [1.165, 1.54) is 30.3 Å². The lowest BCUT2D eigenvalue weighted by molar-refractivity contribution is -0.114. The first-order valence-electron chi connectivity index (χ1n) is 11.9. The summed E-state index contributed by atoms with van der Waals surface area (Å²) in [6.45, 7) is -0.130.